The molecule has 0 fully saturated rings. The summed E-state index contributed by atoms with van der Waals surface area (Å²) in [7, 11) is 0. The molecule has 0 bridgehead atoms. The molecule has 10 heavy (non-hydrogen) atoms. The van der Waals surface area contributed by atoms with Crippen LogP contribution in [0.25, 0.3) is 0 Å². The van der Waals surface area contributed by atoms with Crippen molar-refractivity contribution in [3.05, 3.63) is 18.1 Å². The first-order valence-corrected chi connectivity index (χ1v) is 3.31. The molecule has 2 heterocycles. The Hall–Kier alpha value is -1.12. The smallest absolute Gasteiger partial charge is 0.220 e. The zero-order chi connectivity index (χ0) is 6.81. The number of aromatic nitrogens is 2. The second-order valence-corrected chi connectivity index (χ2v) is 2.25. The molecule has 0 unspecified atom stereocenters. The van der Waals surface area contributed by atoms with Gasteiger partial charge in [0.1, 0.15) is 0 Å². The topological polar surface area (TPSA) is 35.0 Å². The Balaban J connectivity index is 2.41. The molecule has 0 saturated carbocycles. The number of fused-ring (bicyclic) bond motifs is 1. The predicted molar refractivity (Wildman–Crippen MR) is 34.7 cm³/mol. The minimum absolute atomic E-state index is 0.709. The standard InChI is InChI=1S/C7H7N2O/c1-2-6-4-8-5-9-7(6)10-3-1/h4H,1-3H2. The molecule has 0 spiro atoms. The molecule has 0 amide bonds. The number of rotatable bonds is 0. The van der Waals surface area contributed by atoms with Gasteiger partial charge in [0.2, 0.25) is 12.2 Å². The Morgan fingerprint density at radius 3 is 3.50 bits per heavy atom. The van der Waals surface area contributed by atoms with Crippen molar-refractivity contribution >= 4 is 0 Å². The summed E-state index contributed by atoms with van der Waals surface area (Å²) < 4.78 is 5.24. The second kappa shape index (κ2) is 2.25. The van der Waals surface area contributed by atoms with Crippen LogP contribution in [0.3, 0.4) is 0 Å². The van der Waals surface area contributed by atoms with Gasteiger partial charge in [0.05, 0.1) is 6.61 Å². The molecule has 0 aromatic carbocycles. The molecule has 51 valence electrons. The van der Waals surface area contributed by atoms with E-state index in [9.17, 15) is 0 Å². The highest BCUT2D eigenvalue weighted by Crippen LogP contribution is 2.18. The maximum absolute atomic E-state index is 5.24. The number of nitrogens with zero attached hydrogens (tertiary/aromatic N) is 2. The van der Waals surface area contributed by atoms with Crippen molar-refractivity contribution in [3.63, 3.8) is 0 Å². The summed E-state index contributed by atoms with van der Waals surface area (Å²) >= 11 is 0. The lowest BCUT2D eigenvalue weighted by Crippen LogP contribution is -2.09. The second-order valence-electron chi connectivity index (χ2n) is 2.25. The van der Waals surface area contributed by atoms with E-state index in [1.165, 1.54) is 0 Å². The Kier molecular flexibility index (Phi) is 1.27. The first kappa shape index (κ1) is 5.65. The fraction of sp³-hybridized carbons (Fsp3) is 0.429. The van der Waals surface area contributed by atoms with Crippen molar-refractivity contribution < 1.29 is 4.74 Å². The lowest BCUT2D eigenvalue weighted by Gasteiger charge is -2.13. The summed E-state index contributed by atoms with van der Waals surface area (Å²) in [5.41, 5.74) is 1.10. The van der Waals surface area contributed by atoms with Gasteiger partial charge in [-0.1, -0.05) is 0 Å². The van der Waals surface area contributed by atoms with E-state index in [0.717, 1.165) is 25.0 Å². The van der Waals surface area contributed by atoms with Crippen LogP contribution in [-0.4, -0.2) is 16.6 Å². The SMILES string of the molecule is [c]1ncc2c(n1)OCCC2. The fourth-order valence-corrected chi connectivity index (χ4v) is 1.04. The van der Waals surface area contributed by atoms with Crippen molar-refractivity contribution in [2.24, 2.45) is 0 Å². The number of aryl methyl sites for hydroxylation is 1. The Labute approximate surface area is 59.1 Å². The van der Waals surface area contributed by atoms with E-state index in [-0.39, 0.29) is 0 Å². The van der Waals surface area contributed by atoms with Gasteiger partial charge in [-0.3, -0.25) is 0 Å². The largest absolute Gasteiger partial charge is 0.477 e. The molecular formula is C7H7N2O. The van der Waals surface area contributed by atoms with E-state index in [1.807, 2.05) is 0 Å². The molecule has 1 aromatic rings. The van der Waals surface area contributed by atoms with Crippen molar-refractivity contribution in [2.75, 3.05) is 6.61 Å². The van der Waals surface area contributed by atoms with E-state index in [4.69, 9.17) is 4.74 Å². The molecule has 0 aliphatic carbocycles. The van der Waals surface area contributed by atoms with Crippen molar-refractivity contribution in [2.45, 2.75) is 12.8 Å². The summed E-state index contributed by atoms with van der Waals surface area (Å²) in [6.45, 7) is 0.776. The van der Waals surface area contributed by atoms with Gasteiger partial charge in [-0.2, -0.15) is 4.98 Å². The molecule has 3 heteroatoms. The normalized spacial score (nSPS) is 15.6. The van der Waals surface area contributed by atoms with Crippen molar-refractivity contribution in [1.29, 1.82) is 0 Å². The van der Waals surface area contributed by atoms with Gasteiger partial charge in [-0.25, -0.2) is 4.98 Å². The number of ether oxygens (including phenoxy) is 1. The molecule has 3 nitrogen and oxygen atoms in total. The highest BCUT2D eigenvalue weighted by molar-refractivity contribution is 5.23. The summed E-state index contributed by atoms with van der Waals surface area (Å²) in [4.78, 5) is 7.64. The van der Waals surface area contributed by atoms with Crippen LogP contribution in [0.5, 0.6) is 5.88 Å². The van der Waals surface area contributed by atoms with Crippen LogP contribution < -0.4 is 4.74 Å². The molecule has 1 aromatic heterocycles. The van der Waals surface area contributed by atoms with E-state index in [1.54, 1.807) is 6.20 Å². The van der Waals surface area contributed by atoms with Crippen LogP contribution in [0.2, 0.25) is 0 Å². The van der Waals surface area contributed by atoms with Crippen LogP contribution in [0.15, 0.2) is 6.20 Å². The molecular weight excluding hydrogens is 128 g/mol. The monoisotopic (exact) mass is 135 g/mol. The summed E-state index contributed by atoms with van der Waals surface area (Å²) in [6, 6.07) is 0. The minimum Gasteiger partial charge on any atom is -0.477 e. The van der Waals surface area contributed by atoms with Gasteiger partial charge < -0.3 is 4.74 Å². The maximum atomic E-state index is 5.24. The zero-order valence-corrected chi connectivity index (χ0v) is 5.50. The zero-order valence-electron chi connectivity index (χ0n) is 5.50. The summed E-state index contributed by atoms with van der Waals surface area (Å²) in [5.74, 6) is 0.709. The van der Waals surface area contributed by atoms with Crippen molar-refractivity contribution in [1.82, 2.24) is 9.97 Å². The van der Waals surface area contributed by atoms with Crippen LogP contribution in [0.1, 0.15) is 12.0 Å². The Morgan fingerprint density at radius 2 is 2.60 bits per heavy atom. The Morgan fingerprint density at radius 1 is 1.60 bits per heavy atom. The minimum atomic E-state index is 0.709. The molecule has 0 atom stereocenters. The van der Waals surface area contributed by atoms with Crippen LogP contribution in [0, 0.1) is 6.33 Å². The molecule has 0 N–H and O–H groups in total. The van der Waals surface area contributed by atoms with Gasteiger partial charge >= 0.3 is 0 Å². The third-order valence-electron chi connectivity index (χ3n) is 1.53. The molecule has 0 saturated heterocycles. The highest BCUT2D eigenvalue weighted by atomic mass is 16.5. The summed E-state index contributed by atoms with van der Waals surface area (Å²) in [6.07, 6.45) is 6.36. The Bertz CT molecular complexity index is 212. The number of hydrogen-bond donors (Lipinski definition) is 0. The van der Waals surface area contributed by atoms with Crippen molar-refractivity contribution in [3.8, 4) is 5.88 Å². The average Bonchev–Trinajstić information content (AvgIpc) is 2.05. The molecule has 1 aliphatic rings. The third-order valence-corrected chi connectivity index (χ3v) is 1.53. The van der Waals surface area contributed by atoms with Gasteiger partial charge in [0, 0.05) is 11.8 Å². The lowest BCUT2D eigenvalue weighted by molar-refractivity contribution is 0.275. The van der Waals surface area contributed by atoms with E-state index >= 15 is 0 Å². The van der Waals surface area contributed by atoms with Crippen LogP contribution >= 0.6 is 0 Å². The van der Waals surface area contributed by atoms with Crippen LogP contribution in [-0.2, 0) is 6.42 Å². The maximum Gasteiger partial charge on any atom is 0.220 e. The van der Waals surface area contributed by atoms with Gasteiger partial charge in [0.25, 0.3) is 0 Å². The lowest BCUT2D eigenvalue weighted by atomic mass is 10.1. The molecule has 1 radical (unpaired) electrons. The first-order valence-electron chi connectivity index (χ1n) is 3.31. The van der Waals surface area contributed by atoms with E-state index in [2.05, 4.69) is 16.3 Å². The summed E-state index contributed by atoms with van der Waals surface area (Å²) in [5, 5.41) is 0. The van der Waals surface area contributed by atoms with E-state index < -0.39 is 0 Å². The average molecular weight is 135 g/mol. The fourth-order valence-electron chi connectivity index (χ4n) is 1.04. The molecule has 1 aliphatic heterocycles. The quantitative estimate of drug-likeness (QED) is 0.522. The highest BCUT2D eigenvalue weighted by Gasteiger charge is 2.09. The first-order chi connectivity index (χ1) is 4.97. The van der Waals surface area contributed by atoms with Crippen LogP contribution in [0.4, 0.5) is 0 Å². The number of hydrogen-bond acceptors (Lipinski definition) is 3. The van der Waals surface area contributed by atoms with Gasteiger partial charge in [0.15, 0.2) is 0 Å². The third kappa shape index (κ3) is 0.835. The van der Waals surface area contributed by atoms with Gasteiger partial charge in [-0.15, -0.1) is 0 Å². The predicted octanol–water partition coefficient (Wildman–Crippen LogP) is 0.602. The molecule has 2 rings (SSSR count). The van der Waals surface area contributed by atoms with E-state index in [0.29, 0.717) is 5.88 Å². The van der Waals surface area contributed by atoms with Gasteiger partial charge in [-0.05, 0) is 12.8 Å².